The van der Waals surface area contributed by atoms with Gasteiger partial charge in [0.1, 0.15) is 11.9 Å². The minimum absolute atomic E-state index is 0.228. The van der Waals surface area contributed by atoms with Crippen LogP contribution in [-0.2, 0) is 9.53 Å². The van der Waals surface area contributed by atoms with Gasteiger partial charge in [-0.25, -0.2) is 0 Å². The number of hydrogen-bond acceptors (Lipinski definition) is 3. The Hall–Kier alpha value is -2.01. The van der Waals surface area contributed by atoms with Crippen LogP contribution in [0.25, 0.3) is 10.9 Å². The number of aromatic amines is 1. The first kappa shape index (κ1) is 10.2. The lowest BCUT2D eigenvalue weighted by Crippen LogP contribution is -2.18. The van der Waals surface area contributed by atoms with Gasteiger partial charge in [0.15, 0.2) is 6.10 Å². The summed E-state index contributed by atoms with van der Waals surface area (Å²) in [6, 6.07) is 5.72. The number of primary amides is 1. The topological polar surface area (TPSA) is 80.6 Å². The second-order valence-electron chi connectivity index (χ2n) is 4.04. The lowest BCUT2D eigenvalue weighted by atomic mass is 10.1. The van der Waals surface area contributed by atoms with Gasteiger partial charge >= 0.3 is 0 Å². The fraction of sp³-hybridized carbons (Fsp3) is 0.250. The highest BCUT2D eigenvalue weighted by Gasteiger charge is 2.46. The van der Waals surface area contributed by atoms with Crippen molar-refractivity contribution in [2.45, 2.75) is 12.2 Å². The van der Waals surface area contributed by atoms with Gasteiger partial charge in [-0.2, -0.15) is 0 Å². The van der Waals surface area contributed by atoms with Gasteiger partial charge in [0.25, 0.3) is 0 Å². The molecule has 0 saturated carbocycles. The second kappa shape index (κ2) is 3.49. The van der Waals surface area contributed by atoms with Crippen LogP contribution in [0.2, 0.25) is 0 Å². The summed E-state index contributed by atoms with van der Waals surface area (Å²) in [5, 5.41) is 0.998. The van der Waals surface area contributed by atoms with Crippen LogP contribution in [0.15, 0.2) is 24.4 Å². The van der Waals surface area contributed by atoms with Gasteiger partial charge in [-0.05, 0) is 18.2 Å². The van der Waals surface area contributed by atoms with Crippen molar-refractivity contribution in [3.8, 4) is 5.75 Å². The smallest absolute Gasteiger partial charge is 0.249 e. The summed E-state index contributed by atoms with van der Waals surface area (Å²) in [4.78, 5) is 14.1. The summed E-state index contributed by atoms with van der Waals surface area (Å²) in [6.07, 6.45) is 1.12. The van der Waals surface area contributed by atoms with Crippen molar-refractivity contribution >= 4 is 16.8 Å². The Balaban J connectivity index is 2.03. The Labute approximate surface area is 97.5 Å². The molecular formula is C12H12N2O3. The van der Waals surface area contributed by atoms with Crippen LogP contribution in [0.1, 0.15) is 11.7 Å². The number of fused-ring (bicyclic) bond motifs is 1. The number of nitrogens with one attached hydrogen (secondary N) is 1. The molecule has 0 spiro atoms. The number of epoxide rings is 1. The molecule has 1 saturated heterocycles. The van der Waals surface area contributed by atoms with Crippen molar-refractivity contribution in [1.82, 2.24) is 4.98 Å². The zero-order chi connectivity index (χ0) is 12.0. The van der Waals surface area contributed by atoms with Crippen LogP contribution < -0.4 is 10.5 Å². The van der Waals surface area contributed by atoms with Gasteiger partial charge in [0, 0.05) is 22.7 Å². The highest BCUT2D eigenvalue weighted by Crippen LogP contribution is 2.42. The third kappa shape index (κ3) is 1.55. The zero-order valence-corrected chi connectivity index (χ0v) is 9.27. The molecule has 88 valence electrons. The Kier molecular flexibility index (Phi) is 2.09. The normalized spacial score (nSPS) is 22.6. The highest BCUT2D eigenvalue weighted by molar-refractivity contribution is 5.88. The van der Waals surface area contributed by atoms with E-state index in [0.717, 1.165) is 22.2 Å². The number of nitrogens with two attached hydrogens (primary N) is 1. The number of hydrogen-bond donors (Lipinski definition) is 2. The van der Waals surface area contributed by atoms with Crippen molar-refractivity contribution in [1.29, 1.82) is 0 Å². The molecule has 5 heteroatoms. The molecule has 1 aliphatic heterocycles. The van der Waals surface area contributed by atoms with Crippen molar-refractivity contribution in [3.63, 3.8) is 0 Å². The summed E-state index contributed by atoms with van der Waals surface area (Å²) in [5.74, 6) is 0.349. The summed E-state index contributed by atoms with van der Waals surface area (Å²) in [6.45, 7) is 0. The highest BCUT2D eigenvalue weighted by atomic mass is 16.6. The van der Waals surface area contributed by atoms with Crippen molar-refractivity contribution < 1.29 is 14.3 Å². The van der Waals surface area contributed by atoms with Crippen LogP contribution in [0, 0.1) is 0 Å². The zero-order valence-electron chi connectivity index (χ0n) is 9.27. The summed E-state index contributed by atoms with van der Waals surface area (Å²) < 4.78 is 10.4. The van der Waals surface area contributed by atoms with E-state index in [1.165, 1.54) is 0 Å². The predicted molar refractivity (Wildman–Crippen MR) is 61.7 cm³/mol. The maximum Gasteiger partial charge on any atom is 0.249 e. The third-order valence-electron chi connectivity index (χ3n) is 3.00. The number of carbonyl (C=O) groups is 1. The maximum absolute atomic E-state index is 11.0. The van der Waals surface area contributed by atoms with Crippen LogP contribution in [0.3, 0.4) is 0 Å². The Bertz CT molecular complexity index is 590. The lowest BCUT2D eigenvalue weighted by Gasteiger charge is -1.99. The third-order valence-corrected chi connectivity index (χ3v) is 3.00. The molecule has 5 nitrogen and oxygen atoms in total. The van der Waals surface area contributed by atoms with E-state index in [4.69, 9.17) is 15.2 Å². The molecule has 0 aliphatic carbocycles. The molecule has 3 rings (SSSR count). The lowest BCUT2D eigenvalue weighted by molar-refractivity contribution is -0.119. The molecule has 2 atom stereocenters. The van der Waals surface area contributed by atoms with Gasteiger partial charge in [0.05, 0.1) is 7.11 Å². The minimum atomic E-state index is -0.500. The number of aromatic nitrogens is 1. The van der Waals surface area contributed by atoms with E-state index in [0.29, 0.717) is 0 Å². The monoisotopic (exact) mass is 232 g/mol. The van der Waals surface area contributed by atoms with Crippen molar-refractivity contribution in [2.24, 2.45) is 5.73 Å². The number of amides is 1. The molecule has 0 bridgehead atoms. The minimum Gasteiger partial charge on any atom is -0.497 e. The fourth-order valence-corrected chi connectivity index (χ4v) is 2.05. The molecule has 2 unspecified atom stereocenters. The van der Waals surface area contributed by atoms with Gasteiger partial charge in [-0.1, -0.05) is 0 Å². The first-order valence-corrected chi connectivity index (χ1v) is 5.30. The number of H-pyrrole nitrogens is 1. The molecule has 1 amide bonds. The van der Waals surface area contributed by atoms with E-state index >= 15 is 0 Å². The van der Waals surface area contributed by atoms with E-state index < -0.39 is 12.0 Å². The Morgan fingerprint density at radius 1 is 1.53 bits per heavy atom. The van der Waals surface area contributed by atoms with Gasteiger partial charge in [0.2, 0.25) is 5.91 Å². The van der Waals surface area contributed by atoms with Crippen LogP contribution in [0.4, 0.5) is 0 Å². The number of carbonyl (C=O) groups excluding carboxylic acids is 1. The van der Waals surface area contributed by atoms with E-state index in [2.05, 4.69) is 4.98 Å². The van der Waals surface area contributed by atoms with Gasteiger partial charge < -0.3 is 20.2 Å². The van der Waals surface area contributed by atoms with Gasteiger partial charge in [-0.3, -0.25) is 4.79 Å². The second-order valence-corrected chi connectivity index (χ2v) is 4.04. The SMILES string of the molecule is COc1ccc2[nH]cc(C3OC3C(N)=O)c2c1. The molecule has 0 radical (unpaired) electrons. The number of methoxy groups -OCH3 is 1. The largest absolute Gasteiger partial charge is 0.497 e. The molecular weight excluding hydrogens is 220 g/mol. The average Bonchev–Trinajstić information content (AvgIpc) is 3.02. The van der Waals surface area contributed by atoms with Crippen LogP contribution >= 0.6 is 0 Å². The molecule has 1 aromatic heterocycles. The molecule has 3 N–H and O–H groups in total. The van der Waals surface area contributed by atoms with Crippen molar-refractivity contribution in [3.05, 3.63) is 30.0 Å². The number of ether oxygens (including phenoxy) is 2. The Morgan fingerprint density at radius 2 is 2.35 bits per heavy atom. The fourth-order valence-electron chi connectivity index (χ4n) is 2.05. The number of benzene rings is 1. The summed E-state index contributed by atoms with van der Waals surface area (Å²) in [7, 11) is 1.62. The first-order chi connectivity index (χ1) is 8.20. The summed E-state index contributed by atoms with van der Waals surface area (Å²) in [5.41, 5.74) is 7.13. The molecule has 17 heavy (non-hydrogen) atoms. The standard InChI is InChI=1S/C12H12N2O3/c1-16-6-2-3-9-7(4-6)8(5-14-9)10-11(17-10)12(13)15/h2-5,10-11,14H,1H3,(H2,13,15). The maximum atomic E-state index is 11.0. The molecule has 2 aromatic rings. The quantitative estimate of drug-likeness (QED) is 0.777. The van der Waals surface area contributed by atoms with Crippen LogP contribution in [-0.4, -0.2) is 24.1 Å². The molecule has 1 fully saturated rings. The first-order valence-electron chi connectivity index (χ1n) is 5.30. The number of rotatable bonds is 3. The summed E-state index contributed by atoms with van der Waals surface area (Å²) >= 11 is 0. The predicted octanol–water partition coefficient (Wildman–Crippen LogP) is 1.10. The van der Waals surface area contributed by atoms with E-state index in [1.54, 1.807) is 7.11 Å². The Morgan fingerprint density at radius 3 is 3.00 bits per heavy atom. The molecule has 1 aromatic carbocycles. The van der Waals surface area contributed by atoms with Crippen LogP contribution in [0.5, 0.6) is 5.75 Å². The van der Waals surface area contributed by atoms with E-state index in [1.807, 2.05) is 24.4 Å². The molecule has 2 heterocycles. The van der Waals surface area contributed by atoms with Gasteiger partial charge in [-0.15, -0.1) is 0 Å². The molecule has 1 aliphatic rings. The van der Waals surface area contributed by atoms with E-state index in [-0.39, 0.29) is 6.10 Å². The van der Waals surface area contributed by atoms with Crippen molar-refractivity contribution in [2.75, 3.05) is 7.11 Å². The average molecular weight is 232 g/mol. The van der Waals surface area contributed by atoms with E-state index in [9.17, 15) is 4.79 Å².